The van der Waals surface area contributed by atoms with Crippen molar-refractivity contribution in [3.05, 3.63) is 34.1 Å². The maximum Gasteiger partial charge on any atom is 0.303 e. The van der Waals surface area contributed by atoms with Crippen molar-refractivity contribution in [2.24, 2.45) is 0 Å². The Morgan fingerprint density at radius 2 is 1.76 bits per heavy atom. The van der Waals surface area contributed by atoms with Crippen LogP contribution in [0.1, 0.15) is 48.9 Å². The number of aliphatic carboxylic acids is 1. The van der Waals surface area contributed by atoms with Gasteiger partial charge in [0.2, 0.25) is 0 Å². The predicted molar refractivity (Wildman–Crippen MR) is 81.8 cm³/mol. The van der Waals surface area contributed by atoms with Crippen LogP contribution in [0.15, 0.2) is 22.7 Å². The minimum absolute atomic E-state index is 0.213. The lowest BCUT2D eigenvalue weighted by Crippen LogP contribution is -2.24. The number of nitrogens with one attached hydrogen (secondary N) is 1. The van der Waals surface area contributed by atoms with Gasteiger partial charge in [-0.2, -0.15) is 0 Å². The van der Waals surface area contributed by atoms with E-state index in [1.54, 1.807) is 6.07 Å². The van der Waals surface area contributed by atoms with Crippen molar-refractivity contribution in [2.45, 2.75) is 38.5 Å². The Bertz CT molecular complexity index is 474. The fourth-order valence-electron chi connectivity index (χ4n) is 1.92. The molecule has 0 aliphatic heterocycles. The van der Waals surface area contributed by atoms with Crippen LogP contribution < -0.4 is 5.32 Å². The van der Waals surface area contributed by atoms with Crippen molar-refractivity contribution < 1.29 is 19.1 Å². The molecule has 4 nitrogen and oxygen atoms in total. The SMILES string of the molecule is O=C(O)CCCCCCCNC(=O)c1cc(F)cc(Br)c1. The van der Waals surface area contributed by atoms with Crippen molar-refractivity contribution in [1.29, 1.82) is 0 Å². The lowest BCUT2D eigenvalue weighted by molar-refractivity contribution is -0.137. The zero-order valence-corrected chi connectivity index (χ0v) is 13.3. The molecule has 0 atom stereocenters. The van der Waals surface area contributed by atoms with Gasteiger partial charge in [-0.15, -0.1) is 0 Å². The molecule has 0 saturated carbocycles. The summed E-state index contributed by atoms with van der Waals surface area (Å²) in [5, 5.41) is 11.2. The van der Waals surface area contributed by atoms with Gasteiger partial charge in [-0.3, -0.25) is 9.59 Å². The molecule has 0 aliphatic rings. The number of carbonyl (C=O) groups excluding carboxylic acids is 1. The summed E-state index contributed by atoms with van der Waals surface area (Å²) in [6.07, 6.45) is 4.51. The highest BCUT2D eigenvalue weighted by atomic mass is 79.9. The highest BCUT2D eigenvalue weighted by molar-refractivity contribution is 9.10. The van der Waals surface area contributed by atoms with E-state index in [0.717, 1.165) is 25.7 Å². The Morgan fingerprint density at radius 1 is 1.10 bits per heavy atom. The number of carboxylic acid groups (broad SMARTS) is 1. The molecule has 0 aromatic heterocycles. The van der Waals surface area contributed by atoms with Gasteiger partial charge in [0, 0.05) is 23.0 Å². The minimum Gasteiger partial charge on any atom is -0.481 e. The summed E-state index contributed by atoms with van der Waals surface area (Å²) in [6, 6.07) is 4.07. The second kappa shape index (κ2) is 9.50. The number of halogens is 2. The summed E-state index contributed by atoms with van der Waals surface area (Å²) >= 11 is 3.15. The third kappa shape index (κ3) is 7.80. The van der Waals surface area contributed by atoms with Gasteiger partial charge in [0.05, 0.1) is 0 Å². The number of amides is 1. The fourth-order valence-corrected chi connectivity index (χ4v) is 2.39. The first-order valence-corrected chi connectivity index (χ1v) is 7.74. The van der Waals surface area contributed by atoms with E-state index in [2.05, 4.69) is 21.2 Å². The van der Waals surface area contributed by atoms with E-state index in [1.807, 2.05) is 0 Å². The van der Waals surface area contributed by atoms with Crippen LogP contribution in [0.5, 0.6) is 0 Å². The molecule has 0 fully saturated rings. The summed E-state index contributed by atoms with van der Waals surface area (Å²) in [5.74, 6) is -1.50. The Morgan fingerprint density at radius 3 is 2.43 bits per heavy atom. The van der Waals surface area contributed by atoms with Crippen molar-refractivity contribution in [3.63, 3.8) is 0 Å². The number of rotatable bonds is 9. The van der Waals surface area contributed by atoms with E-state index in [0.29, 0.717) is 23.0 Å². The predicted octanol–water partition coefficient (Wildman–Crippen LogP) is 3.74. The summed E-state index contributed by atoms with van der Waals surface area (Å²) in [5.41, 5.74) is 0.295. The van der Waals surface area contributed by atoms with E-state index in [-0.39, 0.29) is 12.3 Å². The first kappa shape index (κ1) is 17.6. The van der Waals surface area contributed by atoms with E-state index < -0.39 is 11.8 Å². The topological polar surface area (TPSA) is 66.4 Å². The Balaban J connectivity index is 2.15. The molecular formula is C15H19BrFNO3. The van der Waals surface area contributed by atoms with Crippen LogP contribution in [-0.2, 0) is 4.79 Å². The number of hydrogen-bond acceptors (Lipinski definition) is 2. The molecule has 0 saturated heterocycles. The number of benzene rings is 1. The second-order valence-electron chi connectivity index (χ2n) is 4.83. The molecule has 1 aromatic carbocycles. The first-order chi connectivity index (χ1) is 9.99. The average Bonchev–Trinajstić information content (AvgIpc) is 2.40. The molecule has 2 N–H and O–H groups in total. The second-order valence-corrected chi connectivity index (χ2v) is 5.74. The minimum atomic E-state index is -0.761. The lowest BCUT2D eigenvalue weighted by Gasteiger charge is -2.06. The number of unbranched alkanes of at least 4 members (excludes halogenated alkanes) is 4. The van der Waals surface area contributed by atoms with Crippen molar-refractivity contribution in [3.8, 4) is 0 Å². The summed E-state index contributed by atoms with van der Waals surface area (Å²) in [7, 11) is 0. The molecule has 1 amide bonds. The lowest BCUT2D eigenvalue weighted by atomic mass is 10.1. The number of hydrogen-bond donors (Lipinski definition) is 2. The smallest absolute Gasteiger partial charge is 0.303 e. The van der Waals surface area contributed by atoms with Gasteiger partial charge in [-0.1, -0.05) is 35.2 Å². The van der Waals surface area contributed by atoms with Crippen LogP contribution in [0.25, 0.3) is 0 Å². The molecule has 116 valence electrons. The van der Waals surface area contributed by atoms with Gasteiger partial charge in [-0.25, -0.2) is 4.39 Å². The summed E-state index contributed by atoms with van der Waals surface area (Å²) in [6.45, 7) is 0.534. The third-order valence-corrected chi connectivity index (χ3v) is 3.44. The number of carbonyl (C=O) groups is 2. The van der Waals surface area contributed by atoms with E-state index in [1.165, 1.54) is 12.1 Å². The van der Waals surface area contributed by atoms with Crippen LogP contribution in [0.3, 0.4) is 0 Å². The van der Waals surface area contributed by atoms with Crippen molar-refractivity contribution in [1.82, 2.24) is 5.32 Å². The van der Waals surface area contributed by atoms with Crippen LogP contribution >= 0.6 is 15.9 Å². The van der Waals surface area contributed by atoms with Crippen LogP contribution in [0.2, 0.25) is 0 Å². The van der Waals surface area contributed by atoms with Crippen LogP contribution in [0, 0.1) is 5.82 Å². The molecule has 0 radical (unpaired) electrons. The van der Waals surface area contributed by atoms with Gasteiger partial charge in [0.1, 0.15) is 5.82 Å². The van der Waals surface area contributed by atoms with Crippen LogP contribution in [-0.4, -0.2) is 23.5 Å². The average molecular weight is 360 g/mol. The summed E-state index contributed by atoms with van der Waals surface area (Å²) < 4.78 is 13.7. The maximum atomic E-state index is 13.2. The standard InChI is InChI=1S/C15H19BrFNO3/c16-12-8-11(9-13(17)10-12)15(21)18-7-5-3-1-2-4-6-14(19)20/h8-10H,1-7H2,(H,18,21)(H,19,20). The number of carboxylic acids is 1. The Kier molecular flexibility index (Phi) is 7.97. The van der Waals surface area contributed by atoms with Crippen molar-refractivity contribution >= 4 is 27.8 Å². The first-order valence-electron chi connectivity index (χ1n) is 6.95. The fraction of sp³-hybridized carbons (Fsp3) is 0.467. The van der Waals surface area contributed by atoms with E-state index in [4.69, 9.17) is 5.11 Å². The van der Waals surface area contributed by atoms with E-state index >= 15 is 0 Å². The normalized spacial score (nSPS) is 10.4. The quantitative estimate of drug-likeness (QED) is 0.660. The monoisotopic (exact) mass is 359 g/mol. The molecule has 0 bridgehead atoms. The Labute approximate surface area is 131 Å². The van der Waals surface area contributed by atoms with Gasteiger partial charge >= 0.3 is 5.97 Å². The molecule has 0 aliphatic carbocycles. The van der Waals surface area contributed by atoms with Crippen molar-refractivity contribution in [2.75, 3.05) is 6.54 Å². The molecule has 1 rings (SSSR count). The molecule has 0 unspecified atom stereocenters. The third-order valence-electron chi connectivity index (χ3n) is 2.98. The maximum absolute atomic E-state index is 13.2. The molecule has 1 aromatic rings. The van der Waals surface area contributed by atoms with Gasteiger partial charge in [-0.05, 0) is 31.0 Å². The molecule has 0 spiro atoms. The zero-order valence-electron chi connectivity index (χ0n) is 11.7. The molecule has 21 heavy (non-hydrogen) atoms. The van der Waals surface area contributed by atoms with Gasteiger partial charge < -0.3 is 10.4 Å². The molecule has 0 heterocycles. The Hall–Kier alpha value is -1.43. The van der Waals surface area contributed by atoms with Gasteiger partial charge in [0.15, 0.2) is 0 Å². The highest BCUT2D eigenvalue weighted by Crippen LogP contribution is 2.14. The largest absolute Gasteiger partial charge is 0.481 e. The van der Waals surface area contributed by atoms with E-state index in [9.17, 15) is 14.0 Å². The highest BCUT2D eigenvalue weighted by Gasteiger charge is 2.07. The van der Waals surface area contributed by atoms with Gasteiger partial charge in [0.25, 0.3) is 5.91 Å². The molecule has 6 heteroatoms. The molecular weight excluding hydrogens is 341 g/mol. The van der Waals surface area contributed by atoms with Crippen LogP contribution in [0.4, 0.5) is 4.39 Å². The summed E-state index contributed by atoms with van der Waals surface area (Å²) in [4.78, 5) is 22.1. The zero-order chi connectivity index (χ0) is 15.7.